The molecule has 1 aromatic rings. The van der Waals surface area contributed by atoms with Crippen LogP contribution < -0.4 is 4.74 Å². The highest BCUT2D eigenvalue weighted by Crippen LogP contribution is 2.34. The third-order valence-corrected chi connectivity index (χ3v) is 2.97. The number of ether oxygens (including phenoxy) is 1. The van der Waals surface area contributed by atoms with Crippen molar-refractivity contribution in [3.05, 3.63) is 32.3 Å². The van der Waals surface area contributed by atoms with E-state index in [1.165, 1.54) is 6.07 Å². The third-order valence-electron chi connectivity index (χ3n) is 2.51. The van der Waals surface area contributed by atoms with E-state index in [2.05, 4.69) is 15.9 Å². The Hall–Kier alpha value is -1.43. The molecule has 0 heterocycles. The van der Waals surface area contributed by atoms with Crippen LogP contribution in [0.5, 0.6) is 5.75 Å². The van der Waals surface area contributed by atoms with Crippen molar-refractivity contribution in [2.75, 3.05) is 0 Å². The molecule has 0 saturated heterocycles. The molecule has 18 heavy (non-hydrogen) atoms. The Morgan fingerprint density at radius 2 is 2.17 bits per heavy atom. The summed E-state index contributed by atoms with van der Waals surface area (Å²) in [5.74, 6) is 0.0594. The zero-order valence-corrected chi connectivity index (χ0v) is 12.0. The molecular weight excluding hydrogens is 302 g/mol. The second-order valence-electron chi connectivity index (χ2n) is 3.91. The second-order valence-corrected chi connectivity index (χ2v) is 4.82. The minimum atomic E-state index is -0.687. The first kappa shape index (κ1) is 14.6. The number of benzene rings is 1. The van der Waals surface area contributed by atoms with Gasteiger partial charge >= 0.3 is 5.69 Å². The summed E-state index contributed by atoms with van der Waals surface area (Å²) >= 11 is 3.20. The molecule has 98 valence electrons. The molecule has 0 spiro atoms. The lowest BCUT2D eigenvalue weighted by Crippen LogP contribution is -2.23. The molecule has 1 rings (SSSR count). The molecule has 0 amide bonds. The number of rotatable bonds is 5. The van der Waals surface area contributed by atoms with Crippen molar-refractivity contribution in [1.82, 2.24) is 0 Å². The highest BCUT2D eigenvalue weighted by molar-refractivity contribution is 9.10. The SMILES string of the molecule is CCC(=O)C(C)Oc1c(C)cc(Br)cc1[N+](=O)[O-]. The Kier molecular flexibility index (Phi) is 4.84. The Morgan fingerprint density at radius 1 is 1.56 bits per heavy atom. The van der Waals surface area contributed by atoms with Crippen molar-refractivity contribution in [2.24, 2.45) is 0 Å². The average molecular weight is 316 g/mol. The van der Waals surface area contributed by atoms with Gasteiger partial charge in [0.05, 0.1) is 4.92 Å². The van der Waals surface area contributed by atoms with E-state index in [0.29, 0.717) is 16.5 Å². The van der Waals surface area contributed by atoms with Gasteiger partial charge in [-0.2, -0.15) is 0 Å². The summed E-state index contributed by atoms with van der Waals surface area (Å²) in [6, 6.07) is 3.08. The Labute approximate surface area is 113 Å². The number of carbonyl (C=O) groups is 1. The molecule has 0 fully saturated rings. The number of ketones is 1. The van der Waals surface area contributed by atoms with Gasteiger partial charge in [-0.15, -0.1) is 0 Å². The smallest absolute Gasteiger partial charge is 0.312 e. The van der Waals surface area contributed by atoms with Gasteiger partial charge in [0, 0.05) is 17.0 Å². The summed E-state index contributed by atoms with van der Waals surface area (Å²) in [4.78, 5) is 21.9. The lowest BCUT2D eigenvalue weighted by Gasteiger charge is -2.15. The van der Waals surface area contributed by atoms with Gasteiger partial charge in [0.15, 0.2) is 11.9 Å². The number of nitro groups is 1. The first-order valence-corrected chi connectivity index (χ1v) is 6.30. The van der Waals surface area contributed by atoms with Gasteiger partial charge < -0.3 is 4.74 Å². The topological polar surface area (TPSA) is 69.4 Å². The number of nitro benzene ring substituents is 1. The molecule has 5 nitrogen and oxygen atoms in total. The van der Waals surface area contributed by atoms with Gasteiger partial charge in [-0.25, -0.2) is 0 Å². The maximum atomic E-state index is 11.5. The standard InChI is InChI=1S/C12H14BrNO4/c1-4-11(15)8(3)18-12-7(2)5-9(13)6-10(12)14(16)17/h5-6,8H,4H2,1-3H3. The highest BCUT2D eigenvalue weighted by atomic mass is 79.9. The molecule has 0 saturated carbocycles. The van der Waals surface area contributed by atoms with Crippen LogP contribution in [0.3, 0.4) is 0 Å². The van der Waals surface area contributed by atoms with Crippen LogP contribution in [0.2, 0.25) is 0 Å². The fourth-order valence-electron chi connectivity index (χ4n) is 1.53. The minimum absolute atomic E-state index is 0.0911. The van der Waals surface area contributed by atoms with Crippen molar-refractivity contribution >= 4 is 27.4 Å². The van der Waals surface area contributed by atoms with Crippen LogP contribution in [0, 0.1) is 17.0 Å². The molecule has 0 aliphatic carbocycles. The van der Waals surface area contributed by atoms with E-state index in [4.69, 9.17) is 4.74 Å². The number of carbonyl (C=O) groups excluding carboxylic acids is 1. The van der Waals surface area contributed by atoms with Crippen molar-refractivity contribution in [3.63, 3.8) is 0 Å². The number of hydrogen-bond donors (Lipinski definition) is 0. The summed E-state index contributed by atoms with van der Waals surface area (Å²) < 4.78 is 6.04. The number of Topliss-reactive ketones (excluding diaryl/α,β-unsaturated/α-hetero) is 1. The van der Waals surface area contributed by atoms with Gasteiger partial charge in [-0.05, 0) is 25.5 Å². The van der Waals surface area contributed by atoms with Crippen LogP contribution in [-0.2, 0) is 4.79 Å². The van der Waals surface area contributed by atoms with E-state index in [9.17, 15) is 14.9 Å². The van der Waals surface area contributed by atoms with Crippen LogP contribution in [0.15, 0.2) is 16.6 Å². The molecule has 0 radical (unpaired) electrons. The summed E-state index contributed by atoms with van der Waals surface area (Å²) in [6.07, 6.45) is -0.349. The Balaban J connectivity index is 3.15. The first-order valence-electron chi connectivity index (χ1n) is 5.50. The van der Waals surface area contributed by atoms with E-state index >= 15 is 0 Å². The number of nitrogens with zero attached hydrogens (tertiary/aromatic N) is 1. The third kappa shape index (κ3) is 3.29. The van der Waals surface area contributed by atoms with Crippen molar-refractivity contribution in [1.29, 1.82) is 0 Å². The highest BCUT2D eigenvalue weighted by Gasteiger charge is 2.22. The maximum absolute atomic E-state index is 11.5. The van der Waals surface area contributed by atoms with E-state index in [1.807, 2.05) is 0 Å². The minimum Gasteiger partial charge on any atom is -0.476 e. The van der Waals surface area contributed by atoms with Gasteiger partial charge in [-0.3, -0.25) is 14.9 Å². The van der Waals surface area contributed by atoms with E-state index in [1.54, 1.807) is 26.8 Å². The van der Waals surface area contributed by atoms with E-state index in [-0.39, 0.29) is 17.2 Å². The van der Waals surface area contributed by atoms with Gasteiger partial charge in [0.2, 0.25) is 5.75 Å². The molecular formula is C12H14BrNO4. The quantitative estimate of drug-likeness (QED) is 0.616. The number of halogens is 1. The van der Waals surface area contributed by atoms with Gasteiger partial charge in [-0.1, -0.05) is 22.9 Å². The summed E-state index contributed by atoms with van der Waals surface area (Å²) in [5.41, 5.74) is 0.476. The van der Waals surface area contributed by atoms with Crippen LogP contribution in [-0.4, -0.2) is 16.8 Å². The summed E-state index contributed by atoms with van der Waals surface area (Å²) in [7, 11) is 0. The van der Waals surface area contributed by atoms with Crippen molar-refractivity contribution < 1.29 is 14.5 Å². The molecule has 0 aromatic heterocycles. The number of hydrogen-bond acceptors (Lipinski definition) is 4. The monoisotopic (exact) mass is 315 g/mol. The molecule has 6 heteroatoms. The van der Waals surface area contributed by atoms with Gasteiger partial charge in [0.1, 0.15) is 0 Å². The fourth-order valence-corrected chi connectivity index (χ4v) is 2.09. The predicted octanol–water partition coefficient (Wildman–Crippen LogP) is 3.41. The van der Waals surface area contributed by atoms with Crippen molar-refractivity contribution in [3.8, 4) is 5.75 Å². The van der Waals surface area contributed by atoms with E-state index in [0.717, 1.165) is 0 Å². The maximum Gasteiger partial charge on any atom is 0.312 e. The van der Waals surface area contributed by atoms with Gasteiger partial charge in [0.25, 0.3) is 0 Å². The molecule has 0 N–H and O–H groups in total. The van der Waals surface area contributed by atoms with Crippen LogP contribution >= 0.6 is 15.9 Å². The van der Waals surface area contributed by atoms with E-state index < -0.39 is 11.0 Å². The molecule has 1 unspecified atom stereocenters. The molecule has 0 aliphatic heterocycles. The summed E-state index contributed by atoms with van der Waals surface area (Å²) in [6.45, 7) is 5.03. The first-order chi connectivity index (χ1) is 8.36. The van der Waals surface area contributed by atoms with Crippen LogP contribution in [0.4, 0.5) is 5.69 Å². The molecule has 1 atom stereocenters. The Bertz CT molecular complexity index is 487. The van der Waals surface area contributed by atoms with Crippen LogP contribution in [0.1, 0.15) is 25.8 Å². The average Bonchev–Trinajstić information content (AvgIpc) is 2.30. The summed E-state index contributed by atoms with van der Waals surface area (Å²) in [5, 5.41) is 11.0. The fraction of sp³-hybridized carbons (Fsp3) is 0.417. The zero-order chi connectivity index (χ0) is 13.9. The lowest BCUT2D eigenvalue weighted by atomic mass is 10.1. The number of aryl methyl sites for hydroxylation is 1. The molecule has 1 aromatic carbocycles. The normalized spacial score (nSPS) is 12.0. The molecule has 0 bridgehead atoms. The lowest BCUT2D eigenvalue weighted by molar-refractivity contribution is -0.386. The van der Waals surface area contributed by atoms with Crippen LogP contribution in [0.25, 0.3) is 0 Å². The Morgan fingerprint density at radius 3 is 2.67 bits per heavy atom. The van der Waals surface area contributed by atoms with Crippen molar-refractivity contribution in [2.45, 2.75) is 33.3 Å². The largest absolute Gasteiger partial charge is 0.476 e. The molecule has 0 aliphatic rings. The predicted molar refractivity (Wildman–Crippen MR) is 70.9 cm³/mol. The zero-order valence-electron chi connectivity index (χ0n) is 10.4. The second kappa shape index (κ2) is 5.95.